The van der Waals surface area contributed by atoms with Gasteiger partial charge >= 0.3 is 0 Å². The molecule has 1 N–H and O–H groups in total. The van der Waals surface area contributed by atoms with Crippen molar-refractivity contribution in [2.24, 2.45) is 0 Å². The van der Waals surface area contributed by atoms with E-state index in [1.807, 2.05) is 24.5 Å². The van der Waals surface area contributed by atoms with Gasteiger partial charge in [-0.1, -0.05) is 6.92 Å². The van der Waals surface area contributed by atoms with Gasteiger partial charge in [0.25, 0.3) is 0 Å². The van der Waals surface area contributed by atoms with Crippen molar-refractivity contribution in [2.75, 3.05) is 29.6 Å². The maximum Gasteiger partial charge on any atom is 0.225 e. The zero-order valence-electron chi connectivity index (χ0n) is 19.2. The third-order valence-corrected chi connectivity index (χ3v) is 6.86. The van der Waals surface area contributed by atoms with Crippen molar-refractivity contribution in [1.29, 1.82) is 0 Å². The molecule has 1 saturated heterocycles. The minimum atomic E-state index is -3.45. The molecule has 0 radical (unpaired) electrons. The fourth-order valence-corrected chi connectivity index (χ4v) is 4.33. The van der Waals surface area contributed by atoms with Crippen LogP contribution < -0.4 is 15.0 Å². The van der Waals surface area contributed by atoms with Crippen molar-refractivity contribution in [3.8, 4) is 5.75 Å². The highest BCUT2D eigenvalue weighted by atomic mass is 32.2. The highest BCUT2D eigenvalue weighted by Gasteiger charge is 2.22. The first-order valence-electron chi connectivity index (χ1n) is 11.2. The third kappa shape index (κ3) is 5.99. The van der Waals surface area contributed by atoms with E-state index >= 15 is 0 Å². The van der Waals surface area contributed by atoms with Crippen molar-refractivity contribution in [2.45, 2.75) is 43.7 Å². The topological polar surface area (TPSA) is 97.3 Å². The Hall–Kier alpha value is -3.27. The summed E-state index contributed by atoms with van der Waals surface area (Å²) in [4.78, 5) is 15.4. The van der Waals surface area contributed by atoms with Gasteiger partial charge in [0.2, 0.25) is 5.95 Å². The van der Waals surface area contributed by atoms with Gasteiger partial charge in [-0.05, 0) is 42.3 Å². The van der Waals surface area contributed by atoms with Crippen LogP contribution in [0, 0.1) is 5.82 Å². The van der Waals surface area contributed by atoms with Crippen molar-refractivity contribution in [3.05, 3.63) is 66.0 Å². The van der Waals surface area contributed by atoms with Gasteiger partial charge in [-0.15, -0.1) is 0 Å². The number of nitrogens with one attached hydrogen (secondary N) is 1. The van der Waals surface area contributed by atoms with E-state index in [-0.39, 0.29) is 16.7 Å². The van der Waals surface area contributed by atoms with Crippen molar-refractivity contribution in [3.63, 3.8) is 0 Å². The molecule has 1 aromatic carbocycles. The Balaban J connectivity index is 1.26. The molecule has 3 aromatic rings. The van der Waals surface area contributed by atoms with E-state index in [9.17, 15) is 12.8 Å². The highest BCUT2D eigenvalue weighted by molar-refractivity contribution is 7.90. The van der Waals surface area contributed by atoms with Crippen LogP contribution in [-0.2, 0) is 22.8 Å². The Kier molecular flexibility index (Phi) is 7.26. The standard InChI is InChI=1S/C24H28FN5O3S/c1-3-17-13-28-24(29-14-17)30-10-8-19(9-11-30)33-20-5-4-18(26-16-20)15-27-23-7-6-21(12-22(23)25)34(2,31)32/h4-7,12-14,16,19,27H,3,8-11,15H2,1-2H3. The summed E-state index contributed by atoms with van der Waals surface area (Å²) < 4.78 is 43.4. The predicted octanol–water partition coefficient (Wildman–Crippen LogP) is 3.64. The molecule has 0 aliphatic carbocycles. The number of piperidine rings is 1. The summed E-state index contributed by atoms with van der Waals surface area (Å²) in [5.41, 5.74) is 2.05. The average Bonchev–Trinajstić information content (AvgIpc) is 2.84. The van der Waals surface area contributed by atoms with Crippen LogP contribution in [0.25, 0.3) is 0 Å². The molecule has 1 aliphatic heterocycles. The number of nitrogens with zero attached hydrogens (tertiary/aromatic N) is 4. The van der Waals surface area contributed by atoms with Crippen LogP contribution in [0.2, 0.25) is 0 Å². The van der Waals surface area contributed by atoms with Crippen molar-refractivity contribution >= 4 is 21.5 Å². The maximum atomic E-state index is 14.2. The zero-order valence-corrected chi connectivity index (χ0v) is 20.1. The van der Waals surface area contributed by atoms with Gasteiger partial charge in [-0.2, -0.15) is 0 Å². The molecule has 0 saturated carbocycles. The molecule has 2 aromatic heterocycles. The third-order valence-electron chi connectivity index (χ3n) is 5.75. The van der Waals surface area contributed by atoms with Crippen LogP contribution in [-0.4, -0.2) is 48.8 Å². The summed E-state index contributed by atoms with van der Waals surface area (Å²) in [6.07, 6.45) is 9.23. The largest absolute Gasteiger partial charge is 0.489 e. The molecule has 0 unspecified atom stereocenters. The monoisotopic (exact) mass is 485 g/mol. The Labute approximate surface area is 199 Å². The van der Waals surface area contributed by atoms with E-state index in [1.165, 1.54) is 12.1 Å². The average molecular weight is 486 g/mol. The van der Waals surface area contributed by atoms with Crippen LogP contribution in [0.4, 0.5) is 16.0 Å². The number of anilines is 2. The van der Waals surface area contributed by atoms with Gasteiger partial charge in [0, 0.05) is 44.6 Å². The van der Waals surface area contributed by atoms with Crippen molar-refractivity contribution < 1.29 is 17.5 Å². The minimum Gasteiger partial charge on any atom is -0.489 e. The van der Waals surface area contributed by atoms with Crippen LogP contribution in [0.3, 0.4) is 0 Å². The number of benzene rings is 1. The number of hydrogen-bond acceptors (Lipinski definition) is 8. The molecular formula is C24H28FN5O3S. The summed E-state index contributed by atoms with van der Waals surface area (Å²) in [5, 5.41) is 2.95. The fraction of sp³-hybridized carbons (Fsp3) is 0.375. The van der Waals surface area contributed by atoms with Crippen LogP contribution in [0.1, 0.15) is 31.0 Å². The van der Waals surface area contributed by atoms with E-state index in [4.69, 9.17) is 4.74 Å². The molecule has 10 heteroatoms. The summed E-state index contributed by atoms with van der Waals surface area (Å²) >= 11 is 0. The second-order valence-corrected chi connectivity index (χ2v) is 10.3. The molecular weight excluding hydrogens is 457 g/mol. The molecule has 1 fully saturated rings. The van der Waals surface area contributed by atoms with Gasteiger partial charge in [-0.3, -0.25) is 4.98 Å². The number of pyridine rings is 1. The number of halogens is 1. The number of rotatable bonds is 8. The van der Waals surface area contributed by atoms with Gasteiger partial charge < -0.3 is 15.0 Å². The second-order valence-electron chi connectivity index (χ2n) is 8.30. The smallest absolute Gasteiger partial charge is 0.225 e. The van der Waals surface area contributed by atoms with E-state index in [0.717, 1.165) is 56.2 Å². The van der Waals surface area contributed by atoms with Gasteiger partial charge in [0.05, 0.1) is 29.0 Å². The Bertz CT molecular complexity index is 1210. The lowest BCUT2D eigenvalue weighted by Crippen LogP contribution is -2.39. The Morgan fingerprint density at radius 1 is 1.09 bits per heavy atom. The molecule has 4 rings (SSSR count). The number of hydrogen-bond donors (Lipinski definition) is 1. The van der Waals surface area contributed by atoms with Crippen LogP contribution in [0.15, 0.2) is 53.8 Å². The summed E-state index contributed by atoms with van der Waals surface area (Å²) in [5.74, 6) is 0.826. The molecule has 0 bridgehead atoms. The summed E-state index contributed by atoms with van der Waals surface area (Å²) in [6, 6.07) is 7.48. The normalized spacial score (nSPS) is 14.7. The lowest BCUT2D eigenvalue weighted by atomic mass is 10.1. The van der Waals surface area contributed by atoms with E-state index in [1.54, 1.807) is 6.20 Å². The van der Waals surface area contributed by atoms with Gasteiger partial charge in [-0.25, -0.2) is 22.8 Å². The molecule has 0 amide bonds. The zero-order chi connectivity index (χ0) is 24.1. The van der Waals surface area contributed by atoms with E-state index in [0.29, 0.717) is 18.0 Å². The molecule has 180 valence electrons. The van der Waals surface area contributed by atoms with Crippen LogP contribution >= 0.6 is 0 Å². The van der Waals surface area contributed by atoms with E-state index in [2.05, 4.69) is 32.1 Å². The Morgan fingerprint density at radius 2 is 1.82 bits per heavy atom. The van der Waals surface area contributed by atoms with Crippen molar-refractivity contribution in [1.82, 2.24) is 15.0 Å². The highest BCUT2D eigenvalue weighted by Crippen LogP contribution is 2.22. The maximum absolute atomic E-state index is 14.2. The molecule has 34 heavy (non-hydrogen) atoms. The number of sulfone groups is 1. The van der Waals surface area contributed by atoms with E-state index < -0.39 is 15.7 Å². The minimum absolute atomic E-state index is 0.0528. The second kappa shape index (κ2) is 10.3. The Morgan fingerprint density at radius 3 is 2.41 bits per heavy atom. The molecule has 0 spiro atoms. The summed E-state index contributed by atoms with van der Waals surface area (Å²) in [6.45, 7) is 4.04. The van der Waals surface area contributed by atoms with Crippen LogP contribution in [0.5, 0.6) is 5.75 Å². The summed E-state index contributed by atoms with van der Waals surface area (Å²) in [7, 11) is -3.45. The first-order chi connectivity index (χ1) is 16.3. The quantitative estimate of drug-likeness (QED) is 0.517. The lowest BCUT2D eigenvalue weighted by Gasteiger charge is -2.32. The van der Waals surface area contributed by atoms with Gasteiger partial charge in [0.15, 0.2) is 9.84 Å². The number of aromatic nitrogens is 3. The number of aryl methyl sites for hydroxylation is 1. The molecule has 0 atom stereocenters. The first-order valence-corrected chi connectivity index (χ1v) is 13.1. The SMILES string of the molecule is CCc1cnc(N2CCC(Oc3ccc(CNc4ccc(S(C)(=O)=O)cc4F)nc3)CC2)nc1. The lowest BCUT2D eigenvalue weighted by molar-refractivity contribution is 0.170. The molecule has 3 heterocycles. The fourth-order valence-electron chi connectivity index (χ4n) is 3.70. The number of ether oxygens (including phenoxy) is 1. The van der Waals surface area contributed by atoms with Gasteiger partial charge in [0.1, 0.15) is 17.7 Å². The molecule has 8 nitrogen and oxygen atoms in total. The molecule has 1 aliphatic rings. The predicted molar refractivity (Wildman–Crippen MR) is 128 cm³/mol. The first kappa shape index (κ1) is 23.9.